The van der Waals surface area contributed by atoms with Crippen LogP contribution < -0.4 is 0 Å². The third-order valence-corrected chi connectivity index (χ3v) is 15.0. The summed E-state index contributed by atoms with van der Waals surface area (Å²) < 4.78 is 13.3. The summed E-state index contributed by atoms with van der Waals surface area (Å²) in [6.07, 6.45) is 1.22. The van der Waals surface area contributed by atoms with Crippen LogP contribution in [0.25, 0.3) is 0 Å². The summed E-state index contributed by atoms with van der Waals surface area (Å²) in [5.74, 6) is 0. The van der Waals surface area contributed by atoms with E-state index in [0.717, 1.165) is 6.42 Å². The zero-order valence-electron chi connectivity index (χ0n) is 15.1. The molecule has 0 saturated heterocycles. The van der Waals surface area contributed by atoms with Gasteiger partial charge in [0.2, 0.25) is 0 Å². The Bertz CT molecular complexity index is 203. The minimum absolute atomic E-state index is 0.102. The van der Waals surface area contributed by atoms with Crippen LogP contribution in [0, 0.1) is 0 Å². The van der Waals surface area contributed by atoms with Crippen LogP contribution in [-0.4, -0.2) is 33.2 Å². The highest BCUT2D eigenvalue weighted by Gasteiger charge is 2.37. The molecule has 2 nitrogen and oxygen atoms in total. The van der Waals surface area contributed by atoms with Crippen molar-refractivity contribution in [2.45, 2.75) is 96.6 Å². The Morgan fingerprint density at radius 3 is 1.20 bits per heavy atom. The van der Waals surface area contributed by atoms with Crippen molar-refractivity contribution in [1.29, 1.82) is 0 Å². The molecule has 0 unspecified atom stereocenters. The average Bonchev–Trinajstić information content (AvgIpc) is 2.50. The third-order valence-electron chi connectivity index (χ3n) is 5.15. The van der Waals surface area contributed by atoms with E-state index in [9.17, 15) is 0 Å². The van der Waals surface area contributed by atoms with Gasteiger partial charge in [0.15, 0.2) is 16.6 Å². The highest BCUT2D eigenvalue weighted by molar-refractivity contribution is 6.74. The first kappa shape index (κ1) is 20.6. The van der Waals surface area contributed by atoms with Gasteiger partial charge in [0.25, 0.3) is 0 Å². The maximum absolute atomic E-state index is 6.66. The Kier molecular flexibility index (Phi) is 10.6. The van der Waals surface area contributed by atoms with Gasteiger partial charge in [0.05, 0.1) is 0 Å². The molecule has 0 fully saturated rings. The fraction of sp³-hybridized carbons (Fsp3) is 1.00. The third kappa shape index (κ3) is 5.75. The van der Waals surface area contributed by atoms with E-state index in [1.165, 1.54) is 52.6 Å². The van der Waals surface area contributed by atoms with Crippen molar-refractivity contribution in [1.82, 2.24) is 0 Å². The summed E-state index contributed by atoms with van der Waals surface area (Å²) in [6, 6.07) is 8.62. The van der Waals surface area contributed by atoms with Gasteiger partial charge >= 0.3 is 0 Å². The lowest BCUT2D eigenvalue weighted by Gasteiger charge is -2.38. The van der Waals surface area contributed by atoms with Crippen molar-refractivity contribution in [2.24, 2.45) is 0 Å². The number of hydrogen-bond donors (Lipinski definition) is 0. The van der Waals surface area contributed by atoms with E-state index in [0.29, 0.717) is 0 Å². The normalized spacial score (nSPS) is 13.3. The second-order valence-corrected chi connectivity index (χ2v) is 16.4. The van der Waals surface area contributed by atoms with Gasteiger partial charge in [-0.05, 0) is 42.7 Å². The van der Waals surface area contributed by atoms with Gasteiger partial charge in [0.1, 0.15) is 6.29 Å². The lowest BCUT2D eigenvalue weighted by molar-refractivity contribution is -0.0154. The Balaban J connectivity index is 4.95. The molecule has 0 rings (SSSR count). The van der Waals surface area contributed by atoms with Crippen molar-refractivity contribution in [3.63, 3.8) is 0 Å². The average molecular weight is 335 g/mol. The van der Waals surface area contributed by atoms with Gasteiger partial charge in [-0.15, -0.1) is 0 Å². The lowest BCUT2D eigenvalue weighted by atomic mass is 10.5. The van der Waals surface area contributed by atoms with E-state index in [2.05, 4.69) is 41.5 Å². The molecule has 0 aliphatic rings. The van der Waals surface area contributed by atoms with Crippen molar-refractivity contribution in [3.8, 4) is 0 Å². The zero-order chi connectivity index (χ0) is 15.6. The molecule has 0 radical (unpaired) electrons. The molecule has 20 heavy (non-hydrogen) atoms. The molecule has 0 spiro atoms. The molecule has 0 amide bonds. The molecule has 0 saturated carbocycles. The fourth-order valence-corrected chi connectivity index (χ4v) is 8.95. The van der Waals surface area contributed by atoms with Gasteiger partial charge in [-0.2, -0.15) is 0 Å². The van der Waals surface area contributed by atoms with Crippen LogP contribution in [0.2, 0.25) is 42.3 Å². The monoisotopic (exact) mass is 334 g/mol. The van der Waals surface area contributed by atoms with E-state index in [1.807, 2.05) is 0 Å². The van der Waals surface area contributed by atoms with Crippen molar-refractivity contribution >= 4 is 26.9 Å². The molecule has 0 aliphatic carbocycles. The second kappa shape index (κ2) is 10.3. The summed E-state index contributed by atoms with van der Waals surface area (Å²) in [4.78, 5) is 0. The van der Waals surface area contributed by atoms with Gasteiger partial charge < -0.3 is 8.85 Å². The van der Waals surface area contributed by atoms with Crippen molar-refractivity contribution in [2.75, 3.05) is 0 Å². The molecule has 0 aromatic heterocycles. The number of hydrogen-bond acceptors (Lipinski definition) is 2. The second-order valence-electron chi connectivity index (χ2n) is 5.94. The maximum atomic E-state index is 6.66. The zero-order valence-corrected chi connectivity index (χ0v) is 19.1. The number of rotatable bonds is 12. The molecule has 122 valence electrons. The van der Waals surface area contributed by atoms with E-state index in [-0.39, 0.29) is 6.29 Å². The summed E-state index contributed by atoms with van der Waals surface area (Å²) in [5, 5.41) is 0. The van der Waals surface area contributed by atoms with E-state index >= 15 is 0 Å². The molecule has 0 N–H and O–H groups in total. The van der Waals surface area contributed by atoms with E-state index in [1.54, 1.807) is 0 Å². The minimum Gasteiger partial charge on any atom is -0.393 e. The van der Waals surface area contributed by atoms with Crippen LogP contribution in [0.3, 0.4) is 0 Å². The highest BCUT2D eigenvalue weighted by Crippen LogP contribution is 2.30. The molecule has 0 aromatic carbocycles. The predicted molar refractivity (Wildman–Crippen MR) is 99.7 cm³/mol. The minimum atomic E-state index is -1.54. The molecule has 0 heterocycles. The predicted octanol–water partition coefficient (Wildman–Crippen LogP) is 4.53. The smallest absolute Gasteiger partial charge is 0.195 e. The lowest BCUT2D eigenvalue weighted by Crippen LogP contribution is -2.46. The summed E-state index contributed by atoms with van der Waals surface area (Å²) in [7, 11) is -1.84. The SMILES string of the molecule is CC[Si](CC)(CC)OC(CC[SiH3])O[Si](CC)(CC)CC. The first-order chi connectivity index (χ1) is 9.50. The van der Waals surface area contributed by atoms with E-state index in [4.69, 9.17) is 8.85 Å². The largest absolute Gasteiger partial charge is 0.393 e. The first-order valence-electron chi connectivity index (χ1n) is 8.86. The Morgan fingerprint density at radius 2 is 1.00 bits per heavy atom. The Hall–Kier alpha value is 0.571. The summed E-state index contributed by atoms with van der Waals surface area (Å²) in [6.45, 7) is 13.8. The quantitative estimate of drug-likeness (QED) is 0.385. The molecule has 0 atom stereocenters. The molecule has 0 bridgehead atoms. The fourth-order valence-electron chi connectivity index (χ4n) is 2.94. The molecular formula is C15H38O2Si3. The molecule has 5 heteroatoms. The van der Waals surface area contributed by atoms with Gasteiger partial charge in [-0.1, -0.05) is 47.6 Å². The maximum Gasteiger partial charge on any atom is 0.195 e. The van der Waals surface area contributed by atoms with Crippen molar-refractivity contribution in [3.05, 3.63) is 0 Å². The topological polar surface area (TPSA) is 18.5 Å². The Morgan fingerprint density at radius 1 is 0.700 bits per heavy atom. The summed E-state index contributed by atoms with van der Waals surface area (Å²) in [5.41, 5.74) is 0. The van der Waals surface area contributed by atoms with Gasteiger partial charge in [0, 0.05) is 10.2 Å². The van der Waals surface area contributed by atoms with Crippen LogP contribution in [0.5, 0.6) is 0 Å². The van der Waals surface area contributed by atoms with Crippen LogP contribution in [0.1, 0.15) is 48.0 Å². The van der Waals surface area contributed by atoms with Crippen LogP contribution in [-0.2, 0) is 8.85 Å². The highest BCUT2D eigenvalue weighted by atomic mass is 28.4. The van der Waals surface area contributed by atoms with Crippen LogP contribution in [0.15, 0.2) is 0 Å². The van der Waals surface area contributed by atoms with Crippen molar-refractivity contribution < 1.29 is 8.85 Å². The molecule has 0 aromatic rings. The first-order valence-corrected chi connectivity index (χ1v) is 15.3. The van der Waals surface area contributed by atoms with Crippen LogP contribution >= 0.6 is 0 Å². The van der Waals surface area contributed by atoms with Crippen LogP contribution in [0.4, 0.5) is 0 Å². The Labute approximate surface area is 132 Å². The molecular weight excluding hydrogens is 296 g/mol. The van der Waals surface area contributed by atoms with E-state index < -0.39 is 16.6 Å². The van der Waals surface area contributed by atoms with Gasteiger partial charge in [-0.25, -0.2) is 0 Å². The standard InChI is InChI=1S/C15H38O2Si3/c1-7-19(8-2,9-3)16-15(13-14-18)17-20(10-4,11-5)12-6/h15H,7-14H2,1-6,18H3. The summed E-state index contributed by atoms with van der Waals surface area (Å²) >= 11 is 0. The molecule has 0 aliphatic heterocycles. The van der Waals surface area contributed by atoms with Gasteiger partial charge in [-0.3, -0.25) is 0 Å².